The molecular formula is C17H33NO. The smallest absolute Gasteiger partial charge is 0.0499 e. The average molecular weight is 267 g/mol. The van der Waals surface area contributed by atoms with Crippen LogP contribution in [-0.2, 0) is 0 Å². The van der Waals surface area contributed by atoms with E-state index in [0.29, 0.717) is 6.61 Å². The summed E-state index contributed by atoms with van der Waals surface area (Å²) in [6.45, 7) is 11.1. The Labute approximate surface area is 119 Å². The molecular weight excluding hydrogens is 234 g/mol. The number of nitrogens with zero attached hydrogens (tertiary/aromatic N) is 1. The van der Waals surface area contributed by atoms with Crippen LogP contribution in [0.2, 0.25) is 0 Å². The zero-order valence-corrected chi connectivity index (χ0v) is 13.2. The summed E-state index contributed by atoms with van der Waals surface area (Å²) in [5.41, 5.74) is 0.219. The minimum absolute atomic E-state index is 0.219. The molecule has 1 aliphatic heterocycles. The summed E-state index contributed by atoms with van der Waals surface area (Å²) in [5.74, 6) is 2.63. The second-order valence-electron chi connectivity index (χ2n) is 7.70. The lowest BCUT2D eigenvalue weighted by Gasteiger charge is -2.44. The number of piperidine rings is 1. The lowest BCUT2D eigenvalue weighted by atomic mass is 9.70. The maximum atomic E-state index is 9.87. The molecule has 2 heteroatoms. The molecule has 2 fully saturated rings. The van der Waals surface area contributed by atoms with Crippen molar-refractivity contribution in [3.8, 4) is 0 Å². The van der Waals surface area contributed by atoms with Gasteiger partial charge in [-0.05, 0) is 56.5 Å². The molecule has 1 heterocycles. The molecule has 0 aromatic rings. The molecule has 19 heavy (non-hydrogen) atoms. The minimum Gasteiger partial charge on any atom is -0.396 e. The van der Waals surface area contributed by atoms with Gasteiger partial charge >= 0.3 is 0 Å². The summed E-state index contributed by atoms with van der Waals surface area (Å²) >= 11 is 0. The Morgan fingerprint density at radius 2 is 1.68 bits per heavy atom. The van der Waals surface area contributed by atoms with E-state index in [1.165, 1.54) is 51.6 Å². The van der Waals surface area contributed by atoms with Gasteiger partial charge in [-0.3, -0.25) is 0 Å². The van der Waals surface area contributed by atoms with Crippen LogP contribution in [0.1, 0.15) is 59.3 Å². The predicted octanol–water partition coefficient (Wildman–Crippen LogP) is 3.54. The van der Waals surface area contributed by atoms with Crippen molar-refractivity contribution in [2.45, 2.75) is 59.3 Å². The number of aliphatic hydroxyl groups is 1. The molecule has 0 aromatic heterocycles. The van der Waals surface area contributed by atoms with Crippen LogP contribution in [0.15, 0.2) is 0 Å². The SMILES string of the molecule is CC1CCC(CO)(CN2CCC(C(C)C)CC2)CC1. The van der Waals surface area contributed by atoms with E-state index in [4.69, 9.17) is 0 Å². The lowest BCUT2D eigenvalue weighted by molar-refractivity contribution is 0.0163. The van der Waals surface area contributed by atoms with E-state index in [0.717, 1.165) is 24.3 Å². The average Bonchev–Trinajstić information content (AvgIpc) is 2.42. The van der Waals surface area contributed by atoms with Gasteiger partial charge in [-0.1, -0.05) is 33.6 Å². The van der Waals surface area contributed by atoms with Gasteiger partial charge in [0.25, 0.3) is 0 Å². The van der Waals surface area contributed by atoms with Crippen molar-refractivity contribution < 1.29 is 5.11 Å². The molecule has 0 aromatic carbocycles. The summed E-state index contributed by atoms with van der Waals surface area (Å²) in [6, 6.07) is 0. The van der Waals surface area contributed by atoms with Crippen LogP contribution < -0.4 is 0 Å². The number of aliphatic hydroxyl groups excluding tert-OH is 1. The first kappa shape index (κ1) is 15.3. The van der Waals surface area contributed by atoms with Crippen LogP contribution in [0.4, 0.5) is 0 Å². The number of likely N-dealkylation sites (tertiary alicyclic amines) is 1. The van der Waals surface area contributed by atoms with Crippen molar-refractivity contribution in [3.63, 3.8) is 0 Å². The van der Waals surface area contributed by atoms with Gasteiger partial charge in [-0.25, -0.2) is 0 Å². The first-order valence-electron chi connectivity index (χ1n) is 8.38. The topological polar surface area (TPSA) is 23.5 Å². The Bertz CT molecular complexity index is 260. The number of hydrogen-bond acceptors (Lipinski definition) is 2. The van der Waals surface area contributed by atoms with Crippen molar-refractivity contribution >= 4 is 0 Å². The summed E-state index contributed by atoms with van der Waals surface area (Å²) in [5, 5.41) is 9.87. The van der Waals surface area contributed by atoms with E-state index < -0.39 is 0 Å². The van der Waals surface area contributed by atoms with E-state index in [1.54, 1.807) is 0 Å². The van der Waals surface area contributed by atoms with E-state index >= 15 is 0 Å². The van der Waals surface area contributed by atoms with Crippen LogP contribution in [0.3, 0.4) is 0 Å². The van der Waals surface area contributed by atoms with E-state index in [9.17, 15) is 5.11 Å². The monoisotopic (exact) mass is 267 g/mol. The van der Waals surface area contributed by atoms with E-state index in [1.807, 2.05) is 0 Å². The summed E-state index contributed by atoms with van der Waals surface area (Å²) < 4.78 is 0. The van der Waals surface area contributed by atoms with Gasteiger partial charge in [0.2, 0.25) is 0 Å². The number of rotatable bonds is 4. The highest BCUT2D eigenvalue weighted by atomic mass is 16.3. The van der Waals surface area contributed by atoms with Crippen molar-refractivity contribution in [2.75, 3.05) is 26.2 Å². The van der Waals surface area contributed by atoms with Gasteiger partial charge in [0.15, 0.2) is 0 Å². The second-order valence-corrected chi connectivity index (χ2v) is 7.70. The zero-order chi connectivity index (χ0) is 13.9. The molecule has 112 valence electrons. The highest BCUT2D eigenvalue weighted by Gasteiger charge is 2.36. The maximum absolute atomic E-state index is 9.87. The molecule has 0 atom stereocenters. The molecule has 2 aliphatic rings. The van der Waals surface area contributed by atoms with Crippen molar-refractivity contribution in [1.29, 1.82) is 0 Å². The molecule has 2 nitrogen and oxygen atoms in total. The summed E-state index contributed by atoms with van der Waals surface area (Å²) in [6.07, 6.45) is 7.79. The first-order chi connectivity index (χ1) is 9.04. The normalized spacial score (nSPS) is 34.9. The lowest BCUT2D eigenvalue weighted by Crippen LogP contribution is -2.45. The Kier molecular flexibility index (Phi) is 5.30. The fourth-order valence-corrected chi connectivity index (χ4v) is 3.99. The molecule has 1 saturated carbocycles. The highest BCUT2D eigenvalue weighted by Crippen LogP contribution is 2.40. The van der Waals surface area contributed by atoms with Gasteiger partial charge in [-0.2, -0.15) is 0 Å². The molecule has 0 radical (unpaired) electrons. The molecule has 0 unspecified atom stereocenters. The van der Waals surface area contributed by atoms with Crippen LogP contribution in [0.5, 0.6) is 0 Å². The molecule has 0 bridgehead atoms. The van der Waals surface area contributed by atoms with Crippen LogP contribution >= 0.6 is 0 Å². The van der Waals surface area contributed by atoms with Gasteiger partial charge in [-0.15, -0.1) is 0 Å². The predicted molar refractivity (Wildman–Crippen MR) is 81.2 cm³/mol. The van der Waals surface area contributed by atoms with Crippen molar-refractivity contribution in [2.24, 2.45) is 23.2 Å². The van der Waals surface area contributed by atoms with E-state index in [2.05, 4.69) is 25.7 Å². The van der Waals surface area contributed by atoms with Crippen LogP contribution in [0.25, 0.3) is 0 Å². The Balaban J connectivity index is 1.83. The van der Waals surface area contributed by atoms with Crippen molar-refractivity contribution in [3.05, 3.63) is 0 Å². The third-order valence-electron chi connectivity index (χ3n) is 5.80. The van der Waals surface area contributed by atoms with Gasteiger partial charge < -0.3 is 10.0 Å². The highest BCUT2D eigenvalue weighted by molar-refractivity contribution is 4.88. The second kappa shape index (κ2) is 6.58. The van der Waals surface area contributed by atoms with Crippen LogP contribution in [0, 0.1) is 23.2 Å². The third kappa shape index (κ3) is 3.95. The molecule has 0 amide bonds. The molecule has 1 N–H and O–H groups in total. The Hall–Kier alpha value is -0.0800. The number of hydrogen-bond donors (Lipinski definition) is 1. The standard InChI is InChI=1S/C17H33NO/c1-14(2)16-6-10-18(11-7-16)12-17(13-19)8-4-15(3)5-9-17/h14-16,19H,4-13H2,1-3H3. The van der Waals surface area contributed by atoms with Gasteiger partial charge in [0, 0.05) is 18.6 Å². The fraction of sp³-hybridized carbons (Fsp3) is 1.00. The quantitative estimate of drug-likeness (QED) is 0.842. The summed E-state index contributed by atoms with van der Waals surface area (Å²) in [7, 11) is 0. The Morgan fingerprint density at radius 3 is 2.16 bits per heavy atom. The Morgan fingerprint density at radius 1 is 1.11 bits per heavy atom. The zero-order valence-electron chi connectivity index (χ0n) is 13.2. The van der Waals surface area contributed by atoms with Gasteiger partial charge in [0.05, 0.1) is 0 Å². The summed E-state index contributed by atoms with van der Waals surface area (Å²) in [4.78, 5) is 2.63. The largest absolute Gasteiger partial charge is 0.396 e. The fourth-order valence-electron chi connectivity index (χ4n) is 3.99. The molecule has 0 spiro atoms. The molecule has 2 rings (SSSR count). The minimum atomic E-state index is 0.219. The maximum Gasteiger partial charge on any atom is 0.0499 e. The van der Waals surface area contributed by atoms with E-state index in [-0.39, 0.29) is 5.41 Å². The van der Waals surface area contributed by atoms with Crippen LogP contribution in [-0.4, -0.2) is 36.2 Å². The third-order valence-corrected chi connectivity index (χ3v) is 5.80. The van der Waals surface area contributed by atoms with Crippen molar-refractivity contribution in [1.82, 2.24) is 4.90 Å². The first-order valence-corrected chi connectivity index (χ1v) is 8.38. The van der Waals surface area contributed by atoms with Gasteiger partial charge in [0.1, 0.15) is 0 Å². The molecule has 1 saturated heterocycles. The molecule has 1 aliphatic carbocycles.